The first-order valence-corrected chi connectivity index (χ1v) is 11.2. The van der Waals surface area contributed by atoms with E-state index in [1.54, 1.807) is 6.08 Å². The third-order valence-corrected chi connectivity index (χ3v) is 9.03. The summed E-state index contributed by atoms with van der Waals surface area (Å²) >= 11 is 0. The van der Waals surface area contributed by atoms with Crippen molar-refractivity contribution in [3.8, 4) is 0 Å². The Hall–Kier alpha value is -1.39. The summed E-state index contributed by atoms with van der Waals surface area (Å²) in [4.78, 5) is 11.5. The van der Waals surface area contributed by atoms with E-state index in [0.29, 0.717) is 24.2 Å². The Balaban J connectivity index is 1.59. The van der Waals surface area contributed by atoms with Gasteiger partial charge in [-0.1, -0.05) is 50.1 Å². The zero-order chi connectivity index (χ0) is 21.0. The molecular formula is C25H36O4. The average Bonchev–Trinajstić information content (AvgIpc) is 3.04. The summed E-state index contributed by atoms with van der Waals surface area (Å²) in [7, 11) is 1.41. The smallest absolute Gasteiger partial charge is 0.330 e. The van der Waals surface area contributed by atoms with Crippen molar-refractivity contribution in [2.24, 2.45) is 34.5 Å². The van der Waals surface area contributed by atoms with Crippen molar-refractivity contribution in [3.63, 3.8) is 0 Å². The van der Waals surface area contributed by atoms with Gasteiger partial charge >= 0.3 is 5.97 Å². The van der Waals surface area contributed by atoms with E-state index in [4.69, 9.17) is 4.74 Å². The molecule has 0 heterocycles. The summed E-state index contributed by atoms with van der Waals surface area (Å²) in [6, 6.07) is 0. The highest BCUT2D eigenvalue weighted by Crippen LogP contribution is 2.65. The zero-order valence-corrected chi connectivity index (χ0v) is 18.2. The Morgan fingerprint density at radius 2 is 2.00 bits per heavy atom. The second-order valence-electron chi connectivity index (χ2n) is 10.3. The number of esters is 1. The second-order valence-corrected chi connectivity index (χ2v) is 10.3. The summed E-state index contributed by atoms with van der Waals surface area (Å²) in [5, 5.41) is 21.2. The van der Waals surface area contributed by atoms with Crippen LogP contribution in [0.1, 0.15) is 59.3 Å². The fraction of sp³-hybridized carbons (Fsp3) is 0.720. The van der Waals surface area contributed by atoms with E-state index in [1.165, 1.54) is 18.3 Å². The van der Waals surface area contributed by atoms with Gasteiger partial charge in [-0.15, -0.1) is 0 Å². The third-order valence-electron chi connectivity index (χ3n) is 9.03. The molecule has 4 nitrogen and oxygen atoms in total. The van der Waals surface area contributed by atoms with Gasteiger partial charge in [0.2, 0.25) is 0 Å². The Bertz CT molecular complexity index is 765. The van der Waals surface area contributed by atoms with Gasteiger partial charge in [-0.05, 0) is 61.2 Å². The monoisotopic (exact) mass is 400 g/mol. The molecule has 0 aromatic carbocycles. The maximum Gasteiger partial charge on any atom is 0.330 e. The van der Waals surface area contributed by atoms with Gasteiger partial charge in [0.25, 0.3) is 0 Å². The first-order valence-electron chi connectivity index (χ1n) is 11.2. The maximum atomic E-state index is 11.5. The lowest BCUT2D eigenvalue weighted by Crippen LogP contribution is -2.55. The normalized spacial score (nSPS) is 45.0. The van der Waals surface area contributed by atoms with Gasteiger partial charge in [0, 0.05) is 17.9 Å². The van der Waals surface area contributed by atoms with Gasteiger partial charge in [-0.2, -0.15) is 0 Å². The predicted molar refractivity (Wildman–Crippen MR) is 113 cm³/mol. The van der Waals surface area contributed by atoms with Gasteiger partial charge in [-0.3, -0.25) is 0 Å². The molecule has 8 atom stereocenters. The molecule has 0 aromatic rings. The number of aliphatic hydroxyl groups is 2. The molecule has 0 aliphatic heterocycles. The number of hydrogen-bond donors (Lipinski definition) is 2. The van der Waals surface area contributed by atoms with Gasteiger partial charge in [-0.25, -0.2) is 4.79 Å². The molecule has 4 heteroatoms. The van der Waals surface area contributed by atoms with Crippen LogP contribution in [0.4, 0.5) is 0 Å². The lowest BCUT2D eigenvalue weighted by Gasteiger charge is -2.59. The molecule has 160 valence electrons. The van der Waals surface area contributed by atoms with Crippen molar-refractivity contribution < 1.29 is 19.7 Å². The standard InChI is InChI=1S/C25H36O4/c1-15(5-10-23(28)29-4)19-8-9-20-18-7-6-16-13-17(26)14-22(27)25(16,3)21(18)11-12-24(19,20)2/h5-6,8,10,15,17-18,20-22,26-27H,7,9,11-14H2,1-4H3/t15-,17-,18+,20+,21+,22+,24-,25+/m1/s1. The Morgan fingerprint density at radius 3 is 2.72 bits per heavy atom. The second kappa shape index (κ2) is 7.39. The van der Waals surface area contributed by atoms with Crippen LogP contribution >= 0.6 is 0 Å². The molecule has 0 bridgehead atoms. The Labute approximate surface area is 174 Å². The molecule has 0 spiro atoms. The van der Waals surface area contributed by atoms with E-state index < -0.39 is 12.2 Å². The summed E-state index contributed by atoms with van der Waals surface area (Å²) in [5.41, 5.74) is 2.71. The van der Waals surface area contributed by atoms with Crippen molar-refractivity contribution in [1.29, 1.82) is 0 Å². The number of carbonyl (C=O) groups is 1. The SMILES string of the molecule is COC(=O)C=C[C@@H](C)C1=CC[C@H]2[C@@H]3CC=C4C[C@@H](O)C[C@H](O)[C@]4(C)[C@H]3CC[C@]12C. The number of ether oxygens (including phenoxy) is 1. The summed E-state index contributed by atoms with van der Waals surface area (Å²) in [6.07, 6.45) is 13.0. The number of fused-ring (bicyclic) bond motifs is 5. The highest BCUT2D eigenvalue weighted by atomic mass is 16.5. The third kappa shape index (κ3) is 3.14. The van der Waals surface area contributed by atoms with Crippen molar-refractivity contribution in [3.05, 3.63) is 35.5 Å². The number of hydrogen-bond acceptors (Lipinski definition) is 4. The first kappa shape index (κ1) is 20.9. The molecule has 0 saturated heterocycles. The van der Waals surface area contributed by atoms with Crippen molar-refractivity contribution in [2.45, 2.75) is 71.5 Å². The van der Waals surface area contributed by atoms with Crippen LogP contribution in [0.2, 0.25) is 0 Å². The molecule has 0 radical (unpaired) electrons. The molecule has 4 aliphatic carbocycles. The largest absolute Gasteiger partial charge is 0.466 e. The van der Waals surface area contributed by atoms with Gasteiger partial charge < -0.3 is 14.9 Å². The molecule has 2 N–H and O–H groups in total. The predicted octanol–water partition coefficient (Wildman–Crippen LogP) is 4.18. The highest BCUT2D eigenvalue weighted by Gasteiger charge is 2.59. The minimum Gasteiger partial charge on any atom is -0.466 e. The highest BCUT2D eigenvalue weighted by molar-refractivity contribution is 5.81. The van der Waals surface area contributed by atoms with Crippen LogP contribution in [0.15, 0.2) is 35.5 Å². The maximum absolute atomic E-state index is 11.5. The molecule has 0 aromatic heterocycles. The van der Waals surface area contributed by atoms with E-state index in [1.807, 2.05) is 6.08 Å². The minimum absolute atomic E-state index is 0.155. The van der Waals surface area contributed by atoms with Gasteiger partial charge in [0.1, 0.15) is 0 Å². The summed E-state index contributed by atoms with van der Waals surface area (Å²) in [6.45, 7) is 6.84. The van der Waals surface area contributed by atoms with E-state index in [-0.39, 0.29) is 22.7 Å². The summed E-state index contributed by atoms with van der Waals surface area (Å²) < 4.78 is 4.75. The summed E-state index contributed by atoms with van der Waals surface area (Å²) in [5.74, 6) is 1.56. The molecule has 0 unspecified atom stereocenters. The van der Waals surface area contributed by atoms with Crippen LogP contribution in [0.5, 0.6) is 0 Å². The molecule has 29 heavy (non-hydrogen) atoms. The first-order chi connectivity index (χ1) is 13.7. The van der Waals surface area contributed by atoms with E-state index in [9.17, 15) is 15.0 Å². The van der Waals surface area contributed by atoms with Crippen molar-refractivity contribution in [1.82, 2.24) is 0 Å². The molecular weight excluding hydrogens is 364 g/mol. The van der Waals surface area contributed by atoms with Crippen molar-refractivity contribution in [2.75, 3.05) is 7.11 Å². The van der Waals surface area contributed by atoms with Gasteiger partial charge in [0.05, 0.1) is 19.3 Å². The Morgan fingerprint density at radius 1 is 1.24 bits per heavy atom. The zero-order valence-electron chi connectivity index (χ0n) is 18.2. The van der Waals surface area contributed by atoms with E-state index in [0.717, 1.165) is 32.1 Å². The van der Waals surface area contributed by atoms with Crippen LogP contribution in [-0.4, -0.2) is 35.5 Å². The van der Waals surface area contributed by atoms with Crippen LogP contribution in [-0.2, 0) is 9.53 Å². The molecule has 4 rings (SSSR count). The lowest BCUT2D eigenvalue weighted by molar-refractivity contribution is -0.134. The number of methoxy groups -OCH3 is 1. The lowest BCUT2D eigenvalue weighted by atomic mass is 9.46. The molecule has 0 amide bonds. The molecule has 2 saturated carbocycles. The number of allylic oxidation sites excluding steroid dienone is 4. The quantitative estimate of drug-likeness (QED) is 0.424. The fourth-order valence-corrected chi connectivity index (χ4v) is 7.40. The van der Waals surface area contributed by atoms with Crippen LogP contribution < -0.4 is 0 Å². The number of aliphatic hydroxyl groups excluding tert-OH is 2. The van der Waals surface area contributed by atoms with Gasteiger partial charge in [0.15, 0.2) is 0 Å². The minimum atomic E-state index is -0.453. The average molecular weight is 401 g/mol. The van der Waals surface area contributed by atoms with Crippen LogP contribution in [0.3, 0.4) is 0 Å². The van der Waals surface area contributed by atoms with Crippen molar-refractivity contribution >= 4 is 5.97 Å². The topological polar surface area (TPSA) is 66.8 Å². The van der Waals surface area contributed by atoms with Crippen LogP contribution in [0.25, 0.3) is 0 Å². The fourth-order valence-electron chi connectivity index (χ4n) is 7.40. The van der Waals surface area contributed by atoms with E-state index in [2.05, 4.69) is 32.9 Å². The van der Waals surface area contributed by atoms with Crippen LogP contribution in [0, 0.1) is 34.5 Å². The molecule has 4 aliphatic rings. The number of carbonyl (C=O) groups excluding carboxylic acids is 1. The van der Waals surface area contributed by atoms with E-state index >= 15 is 0 Å². The Kier molecular flexibility index (Phi) is 5.31. The number of rotatable bonds is 3. The molecule has 2 fully saturated rings.